The summed E-state index contributed by atoms with van der Waals surface area (Å²) in [7, 11) is 3.94. The Morgan fingerprint density at radius 3 is 2.82 bits per heavy atom. The number of carbonyl (C=O) groups excluding carboxylic acids is 2. The van der Waals surface area contributed by atoms with E-state index in [9.17, 15) is 9.59 Å². The summed E-state index contributed by atoms with van der Waals surface area (Å²) in [6.45, 7) is 8.51. The molecule has 4 rings (SSSR count). The zero-order chi connectivity index (χ0) is 24.4. The van der Waals surface area contributed by atoms with Crippen molar-refractivity contribution in [3.8, 4) is 0 Å². The minimum Gasteiger partial charge on any atom is -0.361 e. The van der Waals surface area contributed by atoms with Crippen molar-refractivity contribution in [3.05, 3.63) is 47.9 Å². The van der Waals surface area contributed by atoms with Crippen molar-refractivity contribution < 1.29 is 14.0 Å². The van der Waals surface area contributed by atoms with Crippen LogP contribution in [0.3, 0.4) is 0 Å². The van der Waals surface area contributed by atoms with E-state index >= 15 is 4.39 Å². The first-order chi connectivity index (χ1) is 16.3. The van der Waals surface area contributed by atoms with Crippen molar-refractivity contribution in [1.82, 2.24) is 25.0 Å². The van der Waals surface area contributed by atoms with Gasteiger partial charge in [0.05, 0.1) is 5.92 Å². The van der Waals surface area contributed by atoms with Gasteiger partial charge in [-0.2, -0.15) is 0 Å². The highest BCUT2D eigenvalue weighted by Gasteiger charge is 2.45. The molecule has 3 amide bonds. The minimum atomic E-state index is -0.390. The average molecular weight is 470 g/mol. The SMILES string of the molecule is C=CCN1CC(C(=O)N(CCCN(C)C)C(=O)NCC)CC2c3c(F)ccc4[nH]cc(c34)CC21. The molecular weight excluding hydrogens is 433 g/mol. The van der Waals surface area contributed by atoms with E-state index in [1.54, 1.807) is 6.07 Å². The van der Waals surface area contributed by atoms with Crippen molar-refractivity contribution in [2.24, 2.45) is 5.92 Å². The predicted molar refractivity (Wildman–Crippen MR) is 132 cm³/mol. The maximum absolute atomic E-state index is 15.2. The highest BCUT2D eigenvalue weighted by atomic mass is 19.1. The lowest BCUT2D eigenvalue weighted by Gasteiger charge is -2.47. The summed E-state index contributed by atoms with van der Waals surface area (Å²) >= 11 is 0. The number of benzene rings is 1. The Labute approximate surface area is 201 Å². The molecule has 0 bridgehead atoms. The number of likely N-dealkylation sites (tertiary alicyclic amines) is 1. The normalized spacial score (nSPS) is 22.0. The van der Waals surface area contributed by atoms with Crippen LogP contribution in [-0.4, -0.2) is 84.5 Å². The van der Waals surface area contributed by atoms with Gasteiger partial charge in [0.15, 0.2) is 0 Å². The fraction of sp³-hybridized carbons (Fsp3) is 0.538. The number of nitrogens with zero attached hydrogens (tertiary/aromatic N) is 3. The predicted octanol–water partition coefficient (Wildman–Crippen LogP) is 3.33. The summed E-state index contributed by atoms with van der Waals surface area (Å²) in [6.07, 6.45) is 5.85. The van der Waals surface area contributed by atoms with Gasteiger partial charge in [-0.1, -0.05) is 6.08 Å². The quantitative estimate of drug-likeness (QED) is 0.582. The smallest absolute Gasteiger partial charge is 0.324 e. The van der Waals surface area contributed by atoms with Gasteiger partial charge in [0.1, 0.15) is 5.82 Å². The number of hydrogen-bond acceptors (Lipinski definition) is 4. The molecule has 8 heteroatoms. The van der Waals surface area contributed by atoms with Crippen LogP contribution in [0.5, 0.6) is 0 Å². The molecule has 3 atom stereocenters. The molecule has 7 nitrogen and oxygen atoms in total. The number of carbonyl (C=O) groups is 2. The number of imide groups is 1. The molecule has 0 saturated carbocycles. The number of fused-ring (bicyclic) bond motifs is 2. The summed E-state index contributed by atoms with van der Waals surface area (Å²) in [5, 5.41) is 3.75. The number of nitrogens with one attached hydrogen (secondary N) is 2. The van der Waals surface area contributed by atoms with Crippen LogP contribution >= 0.6 is 0 Å². The Balaban J connectivity index is 1.65. The van der Waals surface area contributed by atoms with Crippen LogP contribution in [0, 0.1) is 11.7 Å². The fourth-order valence-corrected chi connectivity index (χ4v) is 5.72. The first kappa shape index (κ1) is 24.4. The number of aromatic nitrogens is 1. The van der Waals surface area contributed by atoms with Gasteiger partial charge in [-0.15, -0.1) is 6.58 Å². The third-order valence-corrected chi connectivity index (χ3v) is 7.18. The molecule has 34 heavy (non-hydrogen) atoms. The summed E-state index contributed by atoms with van der Waals surface area (Å²) < 4.78 is 15.2. The van der Waals surface area contributed by atoms with Crippen LogP contribution in [0.15, 0.2) is 31.0 Å². The Kier molecular flexibility index (Phi) is 7.38. The molecule has 1 aromatic carbocycles. The van der Waals surface area contributed by atoms with Gasteiger partial charge in [0.25, 0.3) is 0 Å². The lowest BCUT2D eigenvalue weighted by atomic mass is 9.71. The van der Waals surface area contributed by atoms with E-state index in [1.165, 1.54) is 11.0 Å². The van der Waals surface area contributed by atoms with E-state index in [-0.39, 0.29) is 29.7 Å². The van der Waals surface area contributed by atoms with Crippen molar-refractivity contribution in [3.63, 3.8) is 0 Å². The number of halogens is 1. The molecule has 184 valence electrons. The second-order valence-corrected chi connectivity index (χ2v) is 9.73. The van der Waals surface area contributed by atoms with Gasteiger partial charge in [0, 0.05) is 60.8 Å². The second kappa shape index (κ2) is 10.3. The van der Waals surface area contributed by atoms with Crippen LogP contribution in [0.4, 0.5) is 9.18 Å². The van der Waals surface area contributed by atoms with Crippen LogP contribution in [0.2, 0.25) is 0 Å². The van der Waals surface area contributed by atoms with Gasteiger partial charge < -0.3 is 15.2 Å². The molecule has 2 heterocycles. The van der Waals surface area contributed by atoms with Crippen molar-refractivity contribution >= 4 is 22.8 Å². The number of hydrogen-bond donors (Lipinski definition) is 2. The zero-order valence-electron chi connectivity index (χ0n) is 20.4. The van der Waals surface area contributed by atoms with E-state index in [0.717, 1.165) is 29.4 Å². The largest absolute Gasteiger partial charge is 0.361 e. The lowest BCUT2D eigenvalue weighted by Crippen LogP contribution is -2.55. The molecule has 2 aromatic rings. The van der Waals surface area contributed by atoms with Crippen LogP contribution in [-0.2, 0) is 11.2 Å². The van der Waals surface area contributed by atoms with Gasteiger partial charge >= 0.3 is 6.03 Å². The molecule has 2 aliphatic rings. The average Bonchev–Trinajstić information content (AvgIpc) is 3.21. The number of H-pyrrole nitrogens is 1. The standard InChI is InChI=1S/C26H36FN5O2/c1-5-10-31-16-18(25(33)32(26(34)28-6-2)12-7-11-30(3)4)13-19-22(31)14-17-15-29-21-9-8-20(27)24(19)23(17)21/h5,8-9,15,18-19,22,29H,1,6-7,10-14,16H2,2-4H3,(H,28,34). The van der Waals surface area contributed by atoms with Crippen molar-refractivity contribution in [2.75, 3.05) is 46.8 Å². The second-order valence-electron chi connectivity index (χ2n) is 9.73. The molecular formula is C26H36FN5O2. The van der Waals surface area contributed by atoms with Crippen molar-refractivity contribution in [2.45, 2.75) is 38.1 Å². The number of amides is 3. The molecule has 3 unspecified atom stereocenters. The maximum Gasteiger partial charge on any atom is 0.324 e. The number of urea groups is 1. The van der Waals surface area contributed by atoms with Gasteiger partial charge in [-0.3, -0.25) is 14.6 Å². The zero-order valence-corrected chi connectivity index (χ0v) is 20.4. The first-order valence-corrected chi connectivity index (χ1v) is 12.2. The molecule has 1 aliphatic carbocycles. The number of aromatic amines is 1. The fourth-order valence-electron chi connectivity index (χ4n) is 5.72. The summed E-state index contributed by atoms with van der Waals surface area (Å²) in [5.41, 5.74) is 2.76. The molecule has 0 radical (unpaired) electrons. The maximum atomic E-state index is 15.2. The van der Waals surface area contributed by atoms with Crippen LogP contribution < -0.4 is 5.32 Å². The molecule has 1 aliphatic heterocycles. The lowest BCUT2D eigenvalue weighted by molar-refractivity contribution is -0.135. The third-order valence-electron chi connectivity index (χ3n) is 7.18. The number of piperidine rings is 1. The van der Waals surface area contributed by atoms with E-state index in [0.29, 0.717) is 44.6 Å². The Hall–Kier alpha value is -2.71. The molecule has 1 fully saturated rings. The third kappa shape index (κ3) is 4.61. The van der Waals surface area contributed by atoms with E-state index in [4.69, 9.17) is 0 Å². The Bertz CT molecular complexity index is 1060. The molecule has 0 spiro atoms. The highest BCUT2D eigenvalue weighted by Crippen LogP contribution is 2.46. The Morgan fingerprint density at radius 1 is 1.32 bits per heavy atom. The minimum absolute atomic E-state index is 0.0945. The summed E-state index contributed by atoms with van der Waals surface area (Å²) in [6, 6.07) is 3.05. The van der Waals surface area contributed by atoms with E-state index < -0.39 is 5.92 Å². The van der Waals surface area contributed by atoms with Crippen molar-refractivity contribution in [1.29, 1.82) is 0 Å². The molecule has 2 N–H and O–H groups in total. The monoisotopic (exact) mass is 469 g/mol. The Morgan fingerprint density at radius 2 is 2.12 bits per heavy atom. The van der Waals surface area contributed by atoms with E-state index in [1.807, 2.05) is 38.2 Å². The highest BCUT2D eigenvalue weighted by molar-refractivity contribution is 5.96. The topological polar surface area (TPSA) is 71.7 Å². The number of rotatable bonds is 8. The van der Waals surface area contributed by atoms with Crippen LogP contribution in [0.25, 0.3) is 10.9 Å². The molecule has 1 aromatic heterocycles. The summed E-state index contributed by atoms with van der Waals surface area (Å²) in [5.74, 6) is -0.906. The van der Waals surface area contributed by atoms with Gasteiger partial charge in [-0.05, 0) is 64.5 Å². The molecule has 1 saturated heterocycles. The van der Waals surface area contributed by atoms with Gasteiger partial charge in [0.2, 0.25) is 5.91 Å². The van der Waals surface area contributed by atoms with Crippen LogP contribution in [0.1, 0.15) is 36.8 Å². The summed E-state index contributed by atoms with van der Waals surface area (Å²) in [4.78, 5) is 35.5. The van der Waals surface area contributed by atoms with Gasteiger partial charge in [-0.25, -0.2) is 9.18 Å². The van der Waals surface area contributed by atoms with E-state index in [2.05, 4.69) is 21.8 Å². The first-order valence-electron chi connectivity index (χ1n) is 12.2.